The fourth-order valence-corrected chi connectivity index (χ4v) is 3.64. The van der Waals surface area contributed by atoms with Crippen LogP contribution >= 0.6 is 0 Å². The summed E-state index contributed by atoms with van der Waals surface area (Å²) in [6, 6.07) is 14.3. The first-order chi connectivity index (χ1) is 12.1. The number of aliphatic hydroxyl groups excluding tert-OH is 1. The summed E-state index contributed by atoms with van der Waals surface area (Å²) in [6.45, 7) is 4.68. The number of hydrogen-bond donors (Lipinski definition) is 2. The van der Waals surface area contributed by atoms with Gasteiger partial charge >= 0.3 is 6.03 Å². The normalized spacial score (nSPS) is 15.7. The molecule has 0 saturated heterocycles. The first-order valence-electron chi connectivity index (χ1n) is 8.93. The van der Waals surface area contributed by atoms with Gasteiger partial charge < -0.3 is 15.3 Å². The van der Waals surface area contributed by atoms with E-state index in [0.717, 1.165) is 24.1 Å². The minimum Gasteiger partial charge on any atom is -0.396 e. The molecule has 0 heterocycles. The summed E-state index contributed by atoms with van der Waals surface area (Å²) in [6.07, 6.45) is 2.51. The van der Waals surface area contributed by atoms with Crippen molar-refractivity contribution in [3.05, 3.63) is 64.7 Å². The van der Waals surface area contributed by atoms with Gasteiger partial charge in [-0.05, 0) is 55.9 Å². The highest BCUT2D eigenvalue weighted by Gasteiger charge is 2.30. The molecule has 0 bridgehead atoms. The van der Waals surface area contributed by atoms with Crippen LogP contribution in [0, 0.1) is 13.8 Å². The summed E-state index contributed by atoms with van der Waals surface area (Å²) >= 11 is 0. The number of rotatable bonds is 5. The Labute approximate surface area is 149 Å². The SMILES string of the molecule is Cc1ccc(NC(=O)N(CCCO)C2CCc3ccccc32)c(C)c1. The maximum atomic E-state index is 13.0. The molecule has 4 heteroatoms. The predicted molar refractivity (Wildman–Crippen MR) is 101 cm³/mol. The number of nitrogens with one attached hydrogen (secondary N) is 1. The zero-order valence-corrected chi connectivity index (χ0v) is 15.0. The highest BCUT2D eigenvalue weighted by Crippen LogP contribution is 2.36. The Morgan fingerprint density at radius 2 is 2.04 bits per heavy atom. The average molecular weight is 338 g/mol. The molecule has 25 heavy (non-hydrogen) atoms. The third-order valence-corrected chi connectivity index (χ3v) is 4.92. The van der Waals surface area contributed by atoms with E-state index in [4.69, 9.17) is 0 Å². The van der Waals surface area contributed by atoms with Gasteiger partial charge in [-0.1, -0.05) is 42.0 Å². The van der Waals surface area contributed by atoms with E-state index in [9.17, 15) is 9.90 Å². The number of nitrogens with zero attached hydrogens (tertiary/aromatic N) is 1. The summed E-state index contributed by atoms with van der Waals surface area (Å²) in [4.78, 5) is 14.9. The van der Waals surface area contributed by atoms with Crippen molar-refractivity contribution in [1.82, 2.24) is 4.90 Å². The van der Waals surface area contributed by atoms with Crippen molar-refractivity contribution in [1.29, 1.82) is 0 Å². The van der Waals surface area contributed by atoms with Gasteiger partial charge in [0, 0.05) is 18.8 Å². The summed E-state index contributed by atoms with van der Waals surface area (Å²) in [5, 5.41) is 12.3. The van der Waals surface area contributed by atoms with E-state index < -0.39 is 0 Å². The maximum absolute atomic E-state index is 13.0. The number of aliphatic hydroxyl groups is 1. The van der Waals surface area contributed by atoms with Crippen LogP contribution in [0.15, 0.2) is 42.5 Å². The molecule has 3 rings (SSSR count). The highest BCUT2D eigenvalue weighted by atomic mass is 16.3. The second kappa shape index (κ2) is 7.70. The smallest absolute Gasteiger partial charge is 0.322 e. The number of urea groups is 1. The molecular formula is C21H26N2O2. The molecule has 0 fully saturated rings. The van der Waals surface area contributed by atoms with Gasteiger partial charge in [-0.15, -0.1) is 0 Å². The molecule has 1 unspecified atom stereocenters. The minimum absolute atomic E-state index is 0.0773. The lowest BCUT2D eigenvalue weighted by Crippen LogP contribution is -2.38. The molecule has 0 saturated carbocycles. The van der Waals surface area contributed by atoms with Crippen LogP contribution in [-0.2, 0) is 6.42 Å². The van der Waals surface area contributed by atoms with Crippen LogP contribution < -0.4 is 5.32 Å². The number of benzene rings is 2. The number of aryl methyl sites for hydroxylation is 3. The van der Waals surface area contributed by atoms with Crippen molar-refractivity contribution in [2.45, 2.75) is 39.2 Å². The van der Waals surface area contributed by atoms with Crippen molar-refractivity contribution in [2.24, 2.45) is 0 Å². The molecule has 0 aromatic heterocycles. The van der Waals surface area contributed by atoms with Gasteiger partial charge in [0.1, 0.15) is 0 Å². The van der Waals surface area contributed by atoms with Crippen molar-refractivity contribution < 1.29 is 9.90 Å². The molecule has 132 valence electrons. The van der Waals surface area contributed by atoms with Crippen LogP contribution in [0.2, 0.25) is 0 Å². The van der Waals surface area contributed by atoms with E-state index in [0.29, 0.717) is 13.0 Å². The molecule has 2 N–H and O–H groups in total. The van der Waals surface area contributed by atoms with Crippen molar-refractivity contribution >= 4 is 11.7 Å². The molecule has 0 aliphatic heterocycles. The summed E-state index contributed by atoms with van der Waals surface area (Å²) in [7, 11) is 0. The monoisotopic (exact) mass is 338 g/mol. The number of carbonyl (C=O) groups is 1. The van der Waals surface area contributed by atoms with Gasteiger partial charge in [0.2, 0.25) is 0 Å². The topological polar surface area (TPSA) is 52.6 Å². The molecule has 1 atom stereocenters. The highest BCUT2D eigenvalue weighted by molar-refractivity contribution is 5.90. The van der Waals surface area contributed by atoms with E-state index in [1.807, 2.05) is 36.9 Å². The van der Waals surface area contributed by atoms with E-state index in [1.54, 1.807) is 0 Å². The number of fused-ring (bicyclic) bond motifs is 1. The zero-order valence-electron chi connectivity index (χ0n) is 15.0. The lowest BCUT2D eigenvalue weighted by molar-refractivity contribution is 0.177. The van der Waals surface area contributed by atoms with Crippen LogP contribution in [0.5, 0.6) is 0 Å². The Bertz CT molecular complexity index is 757. The van der Waals surface area contributed by atoms with Gasteiger partial charge in [-0.3, -0.25) is 0 Å². The molecule has 0 radical (unpaired) electrons. The second-order valence-corrected chi connectivity index (χ2v) is 6.77. The van der Waals surface area contributed by atoms with Gasteiger partial charge in [-0.2, -0.15) is 0 Å². The molecular weight excluding hydrogens is 312 g/mol. The van der Waals surface area contributed by atoms with Gasteiger partial charge in [0.15, 0.2) is 0 Å². The van der Waals surface area contributed by atoms with E-state index in [1.165, 1.54) is 16.7 Å². The van der Waals surface area contributed by atoms with Crippen LogP contribution in [0.3, 0.4) is 0 Å². The number of carbonyl (C=O) groups excluding carboxylic acids is 1. The van der Waals surface area contributed by atoms with E-state index in [-0.39, 0.29) is 18.7 Å². The van der Waals surface area contributed by atoms with E-state index >= 15 is 0 Å². The Morgan fingerprint density at radius 1 is 1.24 bits per heavy atom. The van der Waals surface area contributed by atoms with Gasteiger partial charge in [0.25, 0.3) is 0 Å². The van der Waals surface area contributed by atoms with Crippen molar-refractivity contribution in [3.8, 4) is 0 Å². The standard InChI is InChI=1S/C21H26N2O2/c1-15-8-10-19(16(2)14-15)22-21(25)23(12-5-13-24)20-11-9-17-6-3-4-7-18(17)20/h3-4,6-8,10,14,20,24H,5,9,11-13H2,1-2H3,(H,22,25). The van der Waals surface area contributed by atoms with E-state index in [2.05, 4.69) is 29.6 Å². The molecule has 2 amide bonds. The van der Waals surface area contributed by atoms with Gasteiger partial charge in [-0.25, -0.2) is 4.79 Å². The summed E-state index contributed by atoms with van der Waals surface area (Å²) < 4.78 is 0. The third-order valence-electron chi connectivity index (χ3n) is 4.92. The van der Waals surface area contributed by atoms with Crippen LogP contribution in [0.25, 0.3) is 0 Å². The Balaban J connectivity index is 1.82. The number of anilines is 1. The molecule has 0 spiro atoms. The van der Waals surface area contributed by atoms with Crippen molar-refractivity contribution in [2.75, 3.05) is 18.5 Å². The number of amides is 2. The summed E-state index contributed by atoms with van der Waals surface area (Å²) in [5.41, 5.74) is 5.63. The van der Waals surface area contributed by atoms with Crippen LogP contribution in [0.4, 0.5) is 10.5 Å². The Morgan fingerprint density at radius 3 is 2.80 bits per heavy atom. The number of hydrogen-bond acceptors (Lipinski definition) is 2. The first kappa shape index (κ1) is 17.5. The summed E-state index contributed by atoms with van der Waals surface area (Å²) in [5.74, 6) is 0. The zero-order chi connectivity index (χ0) is 17.8. The molecule has 2 aromatic rings. The molecule has 2 aromatic carbocycles. The Kier molecular flexibility index (Phi) is 5.39. The molecule has 1 aliphatic carbocycles. The second-order valence-electron chi connectivity index (χ2n) is 6.77. The molecule has 1 aliphatic rings. The van der Waals surface area contributed by atoms with Crippen LogP contribution in [0.1, 0.15) is 41.1 Å². The lowest BCUT2D eigenvalue weighted by atomic mass is 10.1. The average Bonchev–Trinajstić information content (AvgIpc) is 3.02. The molecule has 4 nitrogen and oxygen atoms in total. The maximum Gasteiger partial charge on any atom is 0.322 e. The predicted octanol–water partition coefficient (Wildman–Crippen LogP) is 4.21. The van der Waals surface area contributed by atoms with Crippen LogP contribution in [-0.4, -0.2) is 29.2 Å². The fraction of sp³-hybridized carbons (Fsp3) is 0.381. The largest absolute Gasteiger partial charge is 0.396 e. The first-order valence-corrected chi connectivity index (χ1v) is 8.93. The fourth-order valence-electron chi connectivity index (χ4n) is 3.64. The third kappa shape index (κ3) is 3.85. The minimum atomic E-state index is -0.0953. The van der Waals surface area contributed by atoms with Gasteiger partial charge in [0.05, 0.1) is 6.04 Å². The van der Waals surface area contributed by atoms with Crippen molar-refractivity contribution in [3.63, 3.8) is 0 Å². The Hall–Kier alpha value is -2.33. The quantitative estimate of drug-likeness (QED) is 0.858. The lowest BCUT2D eigenvalue weighted by Gasteiger charge is -2.30.